The van der Waals surface area contributed by atoms with Crippen molar-refractivity contribution in [2.75, 3.05) is 0 Å². The molecule has 1 aromatic rings. The fraction of sp³-hybridized carbons (Fsp3) is 0.750. The Kier molecular flexibility index (Phi) is 4.18. The van der Waals surface area contributed by atoms with Gasteiger partial charge < -0.3 is 0 Å². The van der Waals surface area contributed by atoms with Crippen LogP contribution in [0.2, 0.25) is 0 Å². The minimum absolute atomic E-state index is 0.176. The summed E-state index contributed by atoms with van der Waals surface area (Å²) in [6.45, 7) is 9.19. The van der Waals surface area contributed by atoms with E-state index in [0.29, 0.717) is 5.92 Å². The molecule has 0 aliphatic heterocycles. The first kappa shape index (κ1) is 12.1. The predicted molar refractivity (Wildman–Crippen MR) is 63.3 cm³/mol. The first-order valence-electron chi connectivity index (χ1n) is 5.90. The van der Waals surface area contributed by atoms with Gasteiger partial charge in [0.1, 0.15) is 0 Å². The minimum atomic E-state index is 0.176. The Morgan fingerprint density at radius 3 is 2.47 bits per heavy atom. The van der Waals surface area contributed by atoms with Crippen molar-refractivity contribution in [3.05, 3.63) is 21.6 Å². The van der Waals surface area contributed by atoms with Gasteiger partial charge in [-0.1, -0.05) is 27.2 Å². The van der Waals surface area contributed by atoms with Crippen LogP contribution >= 0.6 is 0 Å². The maximum atomic E-state index is 11.9. The summed E-state index contributed by atoms with van der Waals surface area (Å²) >= 11 is 0. The topological polar surface area (TPSA) is 37.8 Å². The lowest BCUT2D eigenvalue weighted by Gasteiger charge is -2.04. The van der Waals surface area contributed by atoms with Gasteiger partial charge in [0.15, 0.2) is 0 Å². The SMILES string of the molecule is CCCc1c(CC(C)C)[nH]n(CC)c1=O. The van der Waals surface area contributed by atoms with E-state index in [2.05, 4.69) is 25.9 Å². The van der Waals surface area contributed by atoms with Gasteiger partial charge in [-0.05, 0) is 25.7 Å². The zero-order chi connectivity index (χ0) is 11.4. The van der Waals surface area contributed by atoms with Crippen molar-refractivity contribution in [3.8, 4) is 0 Å². The summed E-state index contributed by atoms with van der Waals surface area (Å²) in [5.41, 5.74) is 2.31. The van der Waals surface area contributed by atoms with Crippen LogP contribution in [-0.2, 0) is 19.4 Å². The predicted octanol–water partition coefficient (Wildman–Crippen LogP) is 2.35. The second-order valence-corrected chi connectivity index (χ2v) is 4.47. The largest absolute Gasteiger partial charge is 0.299 e. The average molecular weight is 210 g/mol. The smallest absolute Gasteiger partial charge is 0.269 e. The zero-order valence-electron chi connectivity index (χ0n) is 10.3. The summed E-state index contributed by atoms with van der Waals surface area (Å²) in [5.74, 6) is 0.587. The first-order valence-corrected chi connectivity index (χ1v) is 5.90. The molecule has 0 aliphatic rings. The third-order valence-electron chi connectivity index (χ3n) is 2.57. The van der Waals surface area contributed by atoms with Crippen LogP contribution in [0, 0.1) is 5.92 Å². The van der Waals surface area contributed by atoms with Crippen LogP contribution in [0.25, 0.3) is 0 Å². The van der Waals surface area contributed by atoms with E-state index in [1.54, 1.807) is 4.68 Å². The number of rotatable bonds is 5. The second kappa shape index (κ2) is 5.19. The molecule has 3 nitrogen and oxygen atoms in total. The lowest BCUT2D eigenvalue weighted by atomic mass is 10.0. The number of hydrogen-bond acceptors (Lipinski definition) is 1. The average Bonchev–Trinajstić information content (AvgIpc) is 2.45. The zero-order valence-corrected chi connectivity index (χ0v) is 10.3. The third kappa shape index (κ3) is 2.74. The van der Waals surface area contributed by atoms with E-state index in [0.717, 1.165) is 37.1 Å². The van der Waals surface area contributed by atoms with Crippen molar-refractivity contribution >= 4 is 0 Å². The molecule has 0 bridgehead atoms. The van der Waals surface area contributed by atoms with Crippen molar-refractivity contribution in [1.29, 1.82) is 0 Å². The Morgan fingerprint density at radius 2 is 2.00 bits per heavy atom. The molecule has 86 valence electrons. The van der Waals surface area contributed by atoms with E-state index < -0.39 is 0 Å². The molecule has 0 spiro atoms. The Morgan fingerprint density at radius 1 is 1.33 bits per heavy atom. The van der Waals surface area contributed by atoms with Gasteiger partial charge in [0.05, 0.1) is 0 Å². The fourth-order valence-electron chi connectivity index (χ4n) is 1.88. The number of aromatic amines is 1. The molecule has 15 heavy (non-hydrogen) atoms. The molecule has 0 unspecified atom stereocenters. The van der Waals surface area contributed by atoms with Crippen molar-refractivity contribution in [2.45, 2.75) is 53.5 Å². The second-order valence-electron chi connectivity index (χ2n) is 4.47. The van der Waals surface area contributed by atoms with Crippen molar-refractivity contribution in [1.82, 2.24) is 9.78 Å². The van der Waals surface area contributed by atoms with Gasteiger partial charge in [0, 0.05) is 17.8 Å². The molecule has 3 heteroatoms. The number of nitrogens with one attached hydrogen (secondary N) is 1. The fourth-order valence-corrected chi connectivity index (χ4v) is 1.88. The summed E-state index contributed by atoms with van der Waals surface area (Å²) in [7, 11) is 0. The minimum Gasteiger partial charge on any atom is -0.299 e. The monoisotopic (exact) mass is 210 g/mol. The van der Waals surface area contributed by atoms with E-state index in [-0.39, 0.29) is 5.56 Å². The van der Waals surface area contributed by atoms with Gasteiger partial charge in [-0.25, -0.2) is 0 Å². The van der Waals surface area contributed by atoms with Gasteiger partial charge in [-0.15, -0.1) is 0 Å². The van der Waals surface area contributed by atoms with Gasteiger partial charge in [0.25, 0.3) is 5.56 Å². The highest BCUT2D eigenvalue weighted by atomic mass is 16.1. The maximum absolute atomic E-state index is 11.9. The molecular formula is C12H22N2O. The summed E-state index contributed by atoms with van der Waals surface area (Å²) in [4.78, 5) is 11.9. The lowest BCUT2D eigenvalue weighted by Crippen LogP contribution is -2.17. The third-order valence-corrected chi connectivity index (χ3v) is 2.57. The number of H-pyrrole nitrogens is 1. The quantitative estimate of drug-likeness (QED) is 0.796. The van der Waals surface area contributed by atoms with Crippen molar-refractivity contribution < 1.29 is 0 Å². The number of hydrogen-bond donors (Lipinski definition) is 1. The highest BCUT2D eigenvalue weighted by Crippen LogP contribution is 2.10. The summed E-state index contributed by atoms with van der Waals surface area (Å²) in [5, 5.41) is 3.22. The molecule has 0 atom stereocenters. The number of aromatic nitrogens is 2. The van der Waals surface area contributed by atoms with Crippen LogP contribution in [-0.4, -0.2) is 9.78 Å². The molecular weight excluding hydrogens is 188 g/mol. The molecule has 0 saturated carbocycles. The van der Waals surface area contributed by atoms with Crippen molar-refractivity contribution in [3.63, 3.8) is 0 Å². The Balaban J connectivity index is 3.07. The van der Waals surface area contributed by atoms with Crippen molar-refractivity contribution in [2.24, 2.45) is 5.92 Å². The molecule has 0 amide bonds. The highest BCUT2D eigenvalue weighted by molar-refractivity contribution is 5.18. The molecule has 0 radical (unpaired) electrons. The van der Waals surface area contributed by atoms with E-state index in [1.165, 1.54) is 0 Å². The summed E-state index contributed by atoms with van der Waals surface area (Å²) in [6, 6.07) is 0. The van der Waals surface area contributed by atoms with Crippen LogP contribution < -0.4 is 5.56 Å². The summed E-state index contributed by atoms with van der Waals surface area (Å²) < 4.78 is 1.71. The number of aryl methyl sites for hydroxylation is 1. The van der Waals surface area contributed by atoms with E-state index >= 15 is 0 Å². The Labute approximate surface area is 91.5 Å². The molecule has 0 aliphatic carbocycles. The van der Waals surface area contributed by atoms with Gasteiger partial charge in [-0.3, -0.25) is 14.6 Å². The van der Waals surface area contributed by atoms with E-state index in [1.807, 2.05) is 6.92 Å². The maximum Gasteiger partial charge on any atom is 0.269 e. The van der Waals surface area contributed by atoms with E-state index in [9.17, 15) is 4.79 Å². The Hall–Kier alpha value is -0.990. The summed E-state index contributed by atoms with van der Waals surface area (Å²) in [6.07, 6.45) is 2.89. The van der Waals surface area contributed by atoms with Crippen LogP contribution in [0.15, 0.2) is 4.79 Å². The van der Waals surface area contributed by atoms with Gasteiger partial charge in [0.2, 0.25) is 0 Å². The molecule has 1 rings (SSSR count). The van der Waals surface area contributed by atoms with Crippen LogP contribution in [0.4, 0.5) is 0 Å². The molecule has 1 heterocycles. The Bertz CT molecular complexity index is 360. The molecule has 0 saturated heterocycles. The van der Waals surface area contributed by atoms with Gasteiger partial charge >= 0.3 is 0 Å². The first-order chi connectivity index (χ1) is 7.10. The van der Waals surface area contributed by atoms with Crippen LogP contribution in [0.3, 0.4) is 0 Å². The van der Waals surface area contributed by atoms with Crippen LogP contribution in [0.1, 0.15) is 45.4 Å². The molecule has 0 fully saturated rings. The molecule has 1 aromatic heterocycles. The standard InChI is InChI=1S/C12H22N2O/c1-5-7-10-11(8-9(3)4)13-14(6-2)12(10)15/h9,13H,5-8H2,1-4H3. The molecule has 1 N–H and O–H groups in total. The normalized spacial score (nSPS) is 11.3. The molecule has 0 aromatic carbocycles. The van der Waals surface area contributed by atoms with Gasteiger partial charge in [-0.2, -0.15) is 0 Å². The lowest BCUT2D eigenvalue weighted by molar-refractivity contribution is 0.592. The van der Waals surface area contributed by atoms with Crippen LogP contribution in [0.5, 0.6) is 0 Å². The highest BCUT2D eigenvalue weighted by Gasteiger charge is 2.13. The van der Waals surface area contributed by atoms with E-state index in [4.69, 9.17) is 0 Å². The number of nitrogens with zero attached hydrogens (tertiary/aromatic N) is 1.